The maximum absolute atomic E-state index is 13.4. The van der Waals surface area contributed by atoms with Crippen molar-refractivity contribution < 1.29 is 27.6 Å². The third-order valence-electron chi connectivity index (χ3n) is 6.85. The number of alkyl halides is 3. The van der Waals surface area contributed by atoms with Gasteiger partial charge in [-0.15, -0.1) is 0 Å². The van der Waals surface area contributed by atoms with Gasteiger partial charge in [0.2, 0.25) is 11.8 Å². The molecule has 4 rings (SSSR count). The number of Topliss-reactive ketones (excluding diaryl/α,β-unsaturated/α-hetero) is 1. The normalized spacial score (nSPS) is 23.6. The first-order valence-electron chi connectivity index (χ1n) is 11.5. The average molecular weight is 473 g/mol. The van der Waals surface area contributed by atoms with E-state index in [0.717, 1.165) is 18.9 Å². The SMILES string of the molecule is CC1(Cc2ccccc2C(F)(F)F)NC(=O)C(C(=O)Nc2ccc(C3CCCCC3)cc2)C1=O. The van der Waals surface area contributed by atoms with Crippen molar-refractivity contribution >= 4 is 23.3 Å². The van der Waals surface area contributed by atoms with Crippen LogP contribution in [-0.4, -0.2) is 23.1 Å². The number of halogens is 3. The van der Waals surface area contributed by atoms with Crippen LogP contribution < -0.4 is 10.6 Å². The number of ketones is 1. The van der Waals surface area contributed by atoms with E-state index in [2.05, 4.69) is 10.6 Å². The Bertz CT molecular complexity index is 1090. The Hall–Kier alpha value is -3.16. The molecular formula is C26H27F3N2O3. The first kappa shape index (κ1) is 24.0. The van der Waals surface area contributed by atoms with Crippen molar-refractivity contribution in [3.63, 3.8) is 0 Å². The van der Waals surface area contributed by atoms with E-state index < -0.39 is 40.8 Å². The highest BCUT2D eigenvalue weighted by molar-refractivity contribution is 6.27. The predicted molar refractivity (Wildman–Crippen MR) is 121 cm³/mol. The second-order valence-corrected chi connectivity index (χ2v) is 9.40. The lowest BCUT2D eigenvalue weighted by Crippen LogP contribution is -2.46. The number of anilines is 1. The zero-order valence-corrected chi connectivity index (χ0v) is 18.9. The van der Waals surface area contributed by atoms with E-state index in [1.807, 2.05) is 12.1 Å². The van der Waals surface area contributed by atoms with E-state index in [1.54, 1.807) is 12.1 Å². The van der Waals surface area contributed by atoms with Crippen molar-refractivity contribution in [1.82, 2.24) is 5.32 Å². The Morgan fingerprint density at radius 3 is 2.32 bits per heavy atom. The van der Waals surface area contributed by atoms with Crippen LogP contribution in [0, 0.1) is 5.92 Å². The van der Waals surface area contributed by atoms with Gasteiger partial charge in [-0.2, -0.15) is 13.2 Å². The van der Waals surface area contributed by atoms with Crippen molar-refractivity contribution in [3.8, 4) is 0 Å². The molecule has 2 unspecified atom stereocenters. The Morgan fingerprint density at radius 2 is 1.68 bits per heavy atom. The molecule has 2 atom stereocenters. The first-order valence-corrected chi connectivity index (χ1v) is 11.5. The van der Waals surface area contributed by atoms with Crippen LogP contribution in [0.5, 0.6) is 0 Å². The van der Waals surface area contributed by atoms with Crippen LogP contribution in [0.1, 0.15) is 61.6 Å². The molecule has 2 N–H and O–H groups in total. The topological polar surface area (TPSA) is 75.3 Å². The Labute approximate surface area is 196 Å². The highest BCUT2D eigenvalue weighted by Crippen LogP contribution is 2.36. The lowest BCUT2D eigenvalue weighted by molar-refractivity contribution is -0.139. The molecule has 5 nitrogen and oxygen atoms in total. The molecule has 0 aromatic heterocycles. The van der Waals surface area contributed by atoms with E-state index in [0.29, 0.717) is 11.6 Å². The van der Waals surface area contributed by atoms with Gasteiger partial charge in [0.1, 0.15) is 5.54 Å². The zero-order chi connectivity index (χ0) is 24.5. The smallest absolute Gasteiger partial charge is 0.342 e. The molecule has 0 spiro atoms. The first-order chi connectivity index (χ1) is 16.1. The summed E-state index contributed by atoms with van der Waals surface area (Å²) in [6.45, 7) is 1.35. The van der Waals surface area contributed by atoms with Crippen molar-refractivity contribution in [2.24, 2.45) is 5.92 Å². The molecule has 2 aliphatic rings. The molecule has 180 valence electrons. The maximum Gasteiger partial charge on any atom is 0.416 e. The molecule has 0 bridgehead atoms. The van der Waals surface area contributed by atoms with Gasteiger partial charge < -0.3 is 10.6 Å². The number of benzene rings is 2. The van der Waals surface area contributed by atoms with E-state index in [4.69, 9.17) is 0 Å². The predicted octanol–water partition coefficient (Wildman–Crippen LogP) is 5.01. The summed E-state index contributed by atoms with van der Waals surface area (Å²) in [5.74, 6) is -3.47. The van der Waals surface area contributed by atoms with Crippen molar-refractivity contribution in [3.05, 3.63) is 65.2 Å². The molecule has 2 aromatic rings. The lowest BCUT2D eigenvalue weighted by Gasteiger charge is -2.24. The average Bonchev–Trinajstić information content (AvgIpc) is 3.02. The summed E-state index contributed by atoms with van der Waals surface area (Å²) in [7, 11) is 0. The zero-order valence-electron chi connectivity index (χ0n) is 18.9. The highest BCUT2D eigenvalue weighted by atomic mass is 19.4. The van der Waals surface area contributed by atoms with Crippen LogP contribution >= 0.6 is 0 Å². The summed E-state index contributed by atoms with van der Waals surface area (Å²) in [5, 5.41) is 5.07. The molecule has 34 heavy (non-hydrogen) atoms. The van der Waals surface area contributed by atoms with Gasteiger partial charge in [-0.1, -0.05) is 49.6 Å². The second kappa shape index (κ2) is 9.24. The maximum atomic E-state index is 13.4. The van der Waals surface area contributed by atoms with Gasteiger partial charge in [-0.25, -0.2) is 0 Å². The van der Waals surface area contributed by atoms with Gasteiger partial charge >= 0.3 is 6.18 Å². The fraction of sp³-hybridized carbons (Fsp3) is 0.423. The number of carbonyl (C=O) groups is 3. The van der Waals surface area contributed by atoms with Crippen LogP contribution in [0.2, 0.25) is 0 Å². The minimum absolute atomic E-state index is 0.120. The van der Waals surface area contributed by atoms with Gasteiger partial charge in [0.25, 0.3) is 0 Å². The number of hydrogen-bond donors (Lipinski definition) is 2. The summed E-state index contributed by atoms with van der Waals surface area (Å²) >= 11 is 0. The fourth-order valence-corrected chi connectivity index (χ4v) is 5.03. The van der Waals surface area contributed by atoms with Crippen molar-refractivity contribution in [2.45, 2.75) is 63.1 Å². The molecule has 2 fully saturated rings. The third-order valence-corrected chi connectivity index (χ3v) is 6.85. The third kappa shape index (κ3) is 4.86. The minimum atomic E-state index is -4.60. The summed E-state index contributed by atoms with van der Waals surface area (Å²) < 4.78 is 40.1. The fourth-order valence-electron chi connectivity index (χ4n) is 5.03. The van der Waals surface area contributed by atoms with Gasteiger partial charge in [0, 0.05) is 12.1 Å². The Kier molecular flexibility index (Phi) is 6.51. The summed E-state index contributed by atoms with van der Waals surface area (Å²) in [6.07, 6.45) is 0.967. The molecule has 2 amide bonds. The highest BCUT2D eigenvalue weighted by Gasteiger charge is 2.53. The molecular weight excluding hydrogens is 445 g/mol. The van der Waals surface area contributed by atoms with Gasteiger partial charge in [0.05, 0.1) is 5.56 Å². The van der Waals surface area contributed by atoms with E-state index in [-0.39, 0.29) is 12.0 Å². The van der Waals surface area contributed by atoms with Crippen LogP contribution in [0.3, 0.4) is 0 Å². The van der Waals surface area contributed by atoms with Gasteiger partial charge in [-0.05, 0) is 55.0 Å². The van der Waals surface area contributed by atoms with Crippen LogP contribution in [0.25, 0.3) is 0 Å². The molecule has 1 heterocycles. The largest absolute Gasteiger partial charge is 0.416 e. The number of rotatable bonds is 5. The number of hydrogen-bond acceptors (Lipinski definition) is 3. The Balaban J connectivity index is 1.47. The second-order valence-electron chi connectivity index (χ2n) is 9.40. The number of carbonyl (C=O) groups excluding carboxylic acids is 3. The molecule has 1 saturated heterocycles. The standard InChI is InChI=1S/C26H27F3N2O3/c1-25(15-18-9-5-6-10-20(18)26(27,28)29)22(32)21(24(34)31-25)23(33)30-19-13-11-17(12-14-19)16-7-3-2-4-8-16/h5-6,9-14,16,21H,2-4,7-8,15H2,1H3,(H,30,33)(H,31,34). The van der Waals surface area contributed by atoms with Gasteiger partial charge in [0.15, 0.2) is 11.7 Å². The number of nitrogens with one attached hydrogen (secondary N) is 2. The summed E-state index contributed by atoms with van der Waals surface area (Å²) in [5.41, 5.74) is -0.954. The van der Waals surface area contributed by atoms with Crippen LogP contribution in [-0.2, 0) is 27.0 Å². The molecule has 1 saturated carbocycles. The Morgan fingerprint density at radius 1 is 1.03 bits per heavy atom. The van der Waals surface area contributed by atoms with Crippen LogP contribution in [0.4, 0.5) is 18.9 Å². The molecule has 8 heteroatoms. The molecule has 1 aliphatic heterocycles. The van der Waals surface area contributed by atoms with Crippen molar-refractivity contribution in [2.75, 3.05) is 5.32 Å². The van der Waals surface area contributed by atoms with Gasteiger partial charge in [-0.3, -0.25) is 14.4 Å². The molecule has 0 radical (unpaired) electrons. The van der Waals surface area contributed by atoms with Crippen LogP contribution in [0.15, 0.2) is 48.5 Å². The molecule has 1 aliphatic carbocycles. The van der Waals surface area contributed by atoms with Crippen molar-refractivity contribution in [1.29, 1.82) is 0 Å². The minimum Gasteiger partial charge on any atom is -0.342 e. The summed E-state index contributed by atoms with van der Waals surface area (Å²) in [6, 6.07) is 12.3. The molecule has 2 aromatic carbocycles. The monoisotopic (exact) mass is 472 g/mol. The number of amides is 2. The van der Waals surface area contributed by atoms with E-state index in [9.17, 15) is 27.6 Å². The van der Waals surface area contributed by atoms with E-state index in [1.165, 1.54) is 49.9 Å². The summed E-state index contributed by atoms with van der Waals surface area (Å²) in [4.78, 5) is 38.4. The lowest BCUT2D eigenvalue weighted by atomic mass is 9.84. The quantitative estimate of drug-likeness (QED) is 0.601. The van der Waals surface area contributed by atoms with E-state index >= 15 is 0 Å².